The van der Waals surface area contributed by atoms with Gasteiger partial charge in [-0.15, -0.1) is 5.10 Å². The van der Waals surface area contributed by atoms with E-state index >= 15 is 0 Å². The lowest BCUT2D eigenvalue weighted by molar-refractivity contribution is -0.142. The first-order valence-corrected chi connectivity index (χ1v) is 4.08. The molecule has 0 aliphatic carbocycles. The van der Waals surface area contributed by atoms with Crippen molar-refractivity contribution >= 4 is 0 Å². The predicted molar refractivity (Wildman–Crippen MR) is 41.5 cm³/mol. The SMILES string of the molecule is OCCCc1cn(CC(F)(F)F)nn1. The van der Waals surface area contributed by atoms with Crippen molar-refractivity contribution in [3.8, 4) is 0 Å². The molecule has 0 radical (unpaired) electrons. The van der Waals surface area contributed by atoms with Crippen molar-refractivity contribution in [3.05, 3.63) is 11.9 Å². The quantitative estimate of drug-likeness (QED) is 0.796. The van der Waals surface area contributed by atoms with E-state index in [1.165, 1.54) is 6.20 Å². The van der Waals surface area contributed by atoms with E-state index in [2.05, 4.69) is 10.3 Å². The van der Waals surface area contributed by atoms with Crippen molar-refractivity contribution < 1.29 is 18.3 Å². The van der Waals surface area contributed by atoms with Gasteiger partial charge in [-0.05, 0) is 12.8 Å². The lowest BCUT2D eigenvalue weighted by Gasteiger charge is -2.03. The molecule has 0 unspecified atom stereocenters. The lowest BCUT2D eigenvalue weighted by Crippen LogP contribution is -2.18. The molecule has 0 saturated carbocycles. The highest BCUT2D eigenvalue weighted by Gasteiger charge is 2.28. The van der Waals surface area contributed by atoms with Gasteiger partial charge in [-0.3, -0.25) is 0 Å². The topological polar surface area (TPSA) is 50.9 Å². The minimum absolute atomic E-state index is 0.00781. The summed E-state index contributed by atoms with van der Waals surface area (Å²) in [6.07, 6.45) is -2.12. The van der Waals surface area contributed by atoms with Crippen LogP contribution in [0, 0.1) is 0 Å². The molecule has 1 heterocycles. The van der Waals surface area contributed by atoms with E-state index in [9.17, 15) is 13.2 Å². The number of hydrogen-bond donors (Lipinski definition) is 1. The molecule has 7 heteroatoms. The summed E-state index contributed by atoms with van der Waals surface area (Å²) in [5, 5.41) is 15.3. The molecule has 0 atom stereocenters. The molecule has 1 N–H and O–H groups in total. The van der Waals surface area contributed by atoms with Gasteiger partial charge in [0.25, 0.3) is 0 Å². The highest BCUT2D eigenvalue weighted by molar-refractivity contribution is 4.92. The number of aromatic nitrogens is 3. The zero-order chi connectivity index (χ0) is 10.6. The number of aliphatic hydroxyl groups is 1. The fourth-order valence-electron chi connectivity index (χ4n) is 0.974. The van der Waals surface area contributed by atoms with Crippen molar-refractivity contribution in [2.45, 2.75) is 25.6 Å². The fraction of sp³-hybridized carbons (Fsp3) is 0.714. The van der Waals surface area contributed by atoms with Crippen LogP contribution in [0.4, 0.5) is 13.2 Å². The van der Waals surface area contributed by atoms with Crippen LogP contribution < -0.4 is 0 Å². The average molecular weight is 209 g/mol. The van der Waals surface area contributed by atoms with Crippen molar-refractivity contribution in [2.75, 3.05) is 6.61 Å². The number of alkyl halides is 3. The number of aryl methyl sites for hydroxylation is 1. The highest BCUT2D eigenvalue weighted by atomic mass is 19.4. The van der Waals surface area contributed by atoms with Gasteiger partial charge in [0.05, 0.1) is 5.69 Å². The zero-order valence-electron chi connectivity index (χ0n) is 7.33. The van der Waals surface area contributed by atoms with Crippen LogP contribution in [0.2, 0.25) is 0 Å². The molecular formula is C7H10F3N3O. The standard InChI is InChI=1S/C7H10F3N3O/c8-7(9,10)5-13-4-6(11-12-13)2-1-3-14/h4,14H,1-3,5H2. The van der Waals surface area contributed by atoms with Crippen molar-refractivity contribution in [2.24, 2.45) is 0 Å². The monoisotopic (exact) mass is 209 g/mol. The van der Waals surface area contributed by atoms with E-state index in [1.54, 1.807) is 0 Å². The summed E-state index contributed by atoms with van der Waals surface area (Å²) in [4.78, 5) is 0. The first-order chi connectivity index (χ1) is 6.51. The second-order valence-electron chi connectivity index (χ2n) is 2.85. The lowest BCUT2D eigenvalue weighted by atomic mass is 10.3. The van der Waals surface area contributed by atoms with Crippen molar-refractivity contribution in [1.82, 2.24) is 15.0 Å². The van der Waals surface area contributed by atoms with Gasteiger partial charge in [-0.2, -0.15) is 13.2 Å². The van der Waals surface area contributed by atoms with E-state index < -0.39 is 12.7 Å². The summed E-state index contributed by atoms with van der Waals surface area (Å²) in [6, 6.07) is 0. The van der Waals surface area contributed by atoms with Gasteiger partial charge in [0.2, 0.25) is 0 Å². The van der Waals surface area contributed by atoms with Crippen LogP contribution >= 0.6 is 0 Å². The summed E-state index contributed by atoms with van der Waals surface area (Å²) in [5.74, 6) is 0. The van der Waals surface area contributed by atoms with Gasteiger partial charge < -0.3 is 5.11 Å². The minimum atomic E-state index is -4.28. The molecule has 0 aliphatic heterocycles. The predicted octanol–water partition coefficient (Wildman–Crippen LogP) is 0.765. The fourth-order valence-corrected chi connectivity index (χ4v) is 0.974. The number of nitrogens with zero attached hydrogens (tertiary/aromatic N) is 3. The summed E-state index contributed by atoms with van der Waals surface area (Å²) >= 11 is 0. The normalized spacial score (nSPS) is 12.0. The molecule has 14 heavy (non-hydrogen) atoms. The Labute approximate surface area is 78.3 Å². The Kier molecular flexibility index (Phi) is 3.45. The maximum absolute atomic E-state index is 11.9. The van der Waals surface area contributed by atoms with Gasteiger partial charge in [-0.1, -0.05) is 5.21 Å². The molecule has 0 amide bonds. The molecule has 1 aromatic rings. The van der Waals surface area contributed by atoms with E-state index in [-0.39, 0.29) is 6.61 Å². The molecule has 1 aromatic heterocycles. The van der Waals surface area contributed by atoms with Crippen LogP contribution in [0.1, 0.15) is 12.1 Å². The third-order valence-electron chi connectivity index (χ3n) is 1.52. The Morgan fingerprint density at radius 1 is 1.43 bits per heavy atom. The van der Waals surface area contributed by atoms with E-state index in [4.69, 9.17) is 5.11 Å². The van der Waals surface area contributed by atoms with Crippen LogP contribution in [0.3, 0.4) is 0 Å². The molecule has 0 fully saturated rings. The first kappa shape index (κ1) is 11.0. The zero-order valence-corrected chi connectivity index (χ0v) is 7.33. The summed E-state index contributed by atoms with van der Waals surface area (Å²) in [5.41, 5.74) is 0.461. The molecule has 4 nitrogen and oxygen atoms in total. The number of halogens is 3. The van der Waals surface area contributed by atoms with Crippen LogP contribution in [0.25, 0.3) is 0 Å². The third-order valence-corrected chi connectivity index (χ3v) is 1.52. The average Bonchev–Trinajstić information content (AvgIpc) is 2.46. The highest BCUT2D eigenvalue weighted by Crippen LogP contribution is 2.16. The van der Waals surface area contributed by atoms with E-state index in [0.717, 1.165) is 4.68 Å². The van der Waals surface area contributed by atoms with Gasteiger partial charge >= 0.3 is 6.18 Å². The Balaban J connectivity index is 2.51. The molecule has 0 aromatic carbocycles. The molecule has 1 rings (SSSR count). The summed E-state index contributed by atoms with van der Waals surface area (Å²) < 4.78 is 36.4. The molecule has 0 aliphatic rings. The number of aliphatic hydroxyl groups excluding tert-OH is 1. The van der Waals surface area contributed by atoms with Crippen molar-refractivity contribution in [1.29, 1.82) is 0 Å². The van der Waals surface area contributed by atoms with Crippen LogP contribution in [-0.4, -0.2) is 32.9 Å². The second kappa shape index (κ2) is 4.41. The maximum Gasteiger partial charge on any atom is 0.408 e. The van der Waals surface area contributed by atoms with Gasteiger partial charge in [0.15, 0.2) is 0 Å². The number of hydrogen-bond acceptors (Lipinski definition) is 3. The Bertz CT molecular complexity index is 284. The smallest absolute Gasteiger partial charge is 0.396 e. The third kappa shape index (κ3) is 3.73. The molecular weight excluding hydrogens is 199 g/mol. The summed E-state index contributed by atoms with van der Waals surface area (Å²) in [7, 11) is 0. The van der Waals surface area contributed by atoms with Crippen LogP contribution in [0.5, 0.6) is 0 Å². The van der Waals surface area contributed by atoms with Gasteiger partial charge in [0.1, 0.15) is 6.54 Å². The van der Waals surface area contributed by atoms with Crippen LogP contribution in [-0.2, 0) is 13.0 Å². The molecule has 80 valence electrons. The van der Waals surface area contributed by atoms with E-state index in [0.29, 0.717) is 18.5 Å². The minimum Gasteiger partial charge on any atom is -0.396 e. The second-order valence-corrected chi connectivity index (χ2v) is 2.85. The first-order valence-electron chi connectivity index (χ1n) is 4.08. The van der Waals surface area contributed by atoms with Gasteiger partial charge in [0, 0.05) is 12.8 Å². The Morgan fingerprint density at radius 3 is 2.71 bits per heavy atom. The maximum atomic E-state index is 11.9. The Morgan fingerprint density at radius 2 is 2.14 bits per heavy atom. The molecule has 0 saturated heterocycles. The van der Waals surface area contributed by atoms with Crippen LogP contribution in [0.15, 0.2) is 6.20 Å². The molecule has 0 spiro atoms. The van der Waals surface area contributed by atoms with Crippen molar-refractivity contribution in [3.63, 3.8) is 0 Å². The summed E-state index contributed by atoms with van der Waals surface area (Å²) in [6.45, 7) is -1.13. The largest absolute Gasteiger partial charge is 0.408 e. The number of rotatable bonds is 4. The Hall–Kier alpha value is -1.11. The van der Waals surface area contributed by atoms with E-state index in [1.807, 2.05) is 0 Å². The molecule has 0 bridgehead atoms. The van der Waals surface area contributed by atoms with Gasteiger partial charge in [-0.25, -0.2) is 4.68 Å².